The first kappa shape index (κ1) is 19.9. The normalized spacial score (nSPS) is 11.6. The molecule has 0 fully saturated rings. The number of amides is 1. The van der Waals surface area contributed by atoms with Gasteiger partial charge in [-0.3, -0.25) is 4.79 Å². The Bertz CT molecular complexity index is 1110. The summed E-state index contributed by atoms with van der Waals surface area (Å²) in [5, 5.41) is 2.49. The highest BCUT2D eigenvalue weighted by Crippen LogP contribution is 2.25. The molecule has 0 spiro atoms. The first-order valence-electron chi connectivity index (χ1n) is 9.02. The summed E-state index contributed by atoms with van der Waals surface area (Å²) in [6.45, 7) is 8.09. The second kappa shape index (κ2) is 7.64. The Morgan fingerprint density at radius 2 is 1.64 bits per heavy atom. The van der Waals surface area contributed by atoms with Crippen LogP contribution in [0.4, 0.5) is 5.69 Å². The van der Waals surface area contributed by atoms with Gasteiger partial charge in [0.05, 0.1) is 4.90 Å². The molecule has 6 heteroatoms. The van der Waals surface area contributed by atoms with Crippen LogP contribution in [-0.4, -0.2) is 14.3 Å². The molecule has 5 nitrogen and oxygen atoms in total. The summed E-state index contributed by atoms with van der Waals surface area (Å²) < 4.78 is 30.7. The van der Waals surface area contributed by atoms with Gasteiger partial charge in [0.15, 0.2) is 5.76 Å². The second-order valence-electron chi connectivity index (χ2n) is 7.12. The lowest BCUT2D eigenvalue weighted by atomic mass is 9.98. The van der Waals surface area contributed by atoms with Crippen LogP contribution in [-0.2, 0) is 9.84 Å². The lowest BCUT2D eigenvalue weighted by Gasteiger charge is -2.11. The summed E-state index contributed by atoms with van der Waals surface area (Å²) in [6, 6.07) is 14.8. The van der Waals surface area contributed by atoms with Crippen LogP contribution < -0.4 is 5.32 Å². The fourth-order valence-electron chi connectivity index (χ4n) is 3.01. The van der Waals surface area contributed by atoms with Gasteiger partial charge in [-0.1, -0.05) is 37.6 Å². The van der Waals surface area contributed by atoms with Crippen molar-refractivity contribution >= 4 is 21.4 Å². The number of nitrogens with one attached hydrogen (secondary N) is 1. The molecule has 0 saturated heterocycles. The SMILES string of the molecule is Cc1ccc(S(=O)(=O)c2ccc(C(=O)Nc3ccc(C(C)C)c(C)c3)o2)cc1. The maximum Gasteiger partial charge on any atom is 0.291 e. The van der Waals surface area contributed by atoms with E-state index in [0.717, 1.165) is 11.1 Å². The topological polar surface area (TPSA) is 76.4 Å². The van der Waals surface area contributed by atoms with Gasteiger partial charge in [-0.25, -0.2) is 8.42 Å². The van der Waals surface area contributed by atoms with Crippen LogP contribution in [0.5, 0.6) is 0 Å². The quantitative estimate of drug-likeness (QED) is 0.649. The Balaban J connectivity index is 1.81. The highest BCUT2D eigenvalue weighted by molar-refractivity contribution is 7.91. The van der Waals surface area contributed by atoms with Gasteiger partial charge in [0, 0.05) is 5.69 Å². The van der Waals surface area contributed by atoms with Crippen molar-refractivity contribution in [2.75, 3.05) is 5.32 Å². The average Bonchev–Trinajstić information content (AvgIpc) is 3.13. The van der Waals surface area contributed by atoms with Gasteiger partial charge in [-0.15, -0.1) is 0 Å². The molecular weight excluding hydrogens is 374 g/mol. The van der Waals surface area contributed by atoms with E-state index in [1.54, 1.807) is 12.1 Å². The lowest BCUT2D eigenvalue weighted by Crippen LogP contribution is -2.11. The number of carbonyl (C=O) groups excluding carboxylic acids is 1. The standard InChI is InChI=1S/C22H23NO4S/c1-14(2)19-10-7-17(13-16(19)4)23-22(24)20-11-12-21(27-20)28(25,26)18-8-5-15(3)6-9-18/h5-14H,1-4H3,(H,23,24). The van der Waals surface area contributed by atoms with Gasteiger partial charge in [-0.2, -0.15) is 0 Å². The van der Waals surface area contributed by atoms with E-state index in [9.17, 15) is 13.2 Å². The summed E-state index contributed by atoms with van der Waals surface area (Å²) in [5.74, 6) is -0.164. The van der Waals surface area contributed by atoms with Crippen LogP contribution in [0.3, 0.4) is 0 Å². The molecule has 0 aliphatic heterocycles. The number of carbonyl (C=O) groups is 1. The lowest BCUT2D eigenvalue weighted by molar-refractivity contribution is 0.0991. The molecule has 146 valence electrons. The van der Waals surface area contributed by atoms with Gasteiger partial charge in [0.2, 0.25) is 14.9 Å². The van der Waals surface area contributed by atoms with Crippen LogP contribution >= 0.6 is 0 Å². The van der Waals surface area contributed by atoms with Crippen LogP contribution in [0, 0.1) is 13.8 Å². The molecule has 0 aliphatic rings. The Kier molecular flexibility index (Phi) is 5.42. The van der Waals surface area contributed by atoms with Gasteiger partial charge < -0.3 is 9.73 Å². The minimum atomic E-state index is -3.81. The smallest absolute Gasteiger partial charge is 0.291 e. The van der Waals surface area contributed by atoms with Crippen molar-refractivity contribution in [2.24, 2.45) is 0 Å². The number of furan rings is 1. The van der Waals surface area contributed by atoms with E-state index in [2.05, 4.69) is 19.2 Å². The highest BCUT2D eigenvalue weighted by Gasteiger charge is 2.23. The van der Waals surface area contributed by atoms with E-state index < -0.39 is 15.7 Å². The van der Waals surface area contributed by atoms with E-state index in [4.69, 9.17) is 4.42 Å². The maximum absolute atomic E-state index is 12.7. The van der Waals surface area contributed by atoms with E-state index >= 15 is 0 Å². The Morgan fingerprint density at radius 3 is 2.25 bits per heavy atom. The Labute approximate surface area is 165 Å². The van der Waals surface area contributed by atoms with E-state index in [1.807, 2.05) is 32.0 Å². The average molecular weight is 397 g/mol. The van der Waals surface area contributed by atoms with Crippen LogP contribution in [0.2, 0.25) is 0 Å². The van der Waals surface area contributed by atoms with Crippen molar-refractivity contribution in [3.05, 3.63) is 77.0 Å². The number of sulfone groups is 1. The Hall–Kier alpha value is -2.86. The minimum Gasteiger partial charge on any atom is -0.439 e. The Morgan fingerprint density at radius 1 is 0.964 bits per heavy atom. The van der Waals surface area contributed by atoms with Crippen molar-refractivity contribution in [2.45, 2.75) is 43.6 Å². The van der Waals surface area contributed by atoms with Crippen LogP contribution in [0.25, 0.3) is 0 Å². The number of rotatable bonds is 5. The molecule has 1 aromatic heterocycles. The number of hydrogen-bond acceptors (Lipinski definition) is 4. The summed E-state index contributed by atoms with van der Waals surface area (Å²) in [4.78, 5) is 12.6. The van der Waals surface area contributed by atoms with E-state index in [0.29, 0.717) is 11.6 Å². The molecule has 28 heavy (non-hydrogen) atoms. The minimum absolute atomic E-state index is 0.0590. The molecule has 0 unspecified atom stereocenters. The molecule has 0 aliphatic carbocycles. The van der Waals surface area contributed by atoms with Gasteiger partial charge >= 0.3 is 0 Å². The zero-order valence-electron chi connectivity index (χ0n) is 16.3. The van der Waals surface area contributed by atoms with E-state index in [1.165, 1.54) is 29.8 Å². The summed E-state index contributed by atoms with van der Waals surface area (Å²) in [6.07, 6.45) is 0. The van der Waals surface area contributed by atoms with Crippen LogP contribution in [0.1, 0.15) is 47.0 Å². The molecule has 1 amide bonds. The molecule has 1 N–H and O–H groups in total. The third kappa shape index (κ3) is 4.02. The summed E-state index contributed by atoms with van der Waals surface area (Å²) in [7, 11) is -3.81. The van der Waals surface area contributed by atoms with Crippen LogP contribution in [0.15, 0.2) is 69.0 Å². The highest BCUT2D eigenvalue weighted by atomic mass is 32.2. The van der Waals surface area contributed by atoms with Crippen molar-refractivity contribution in [1.82, 2.24) is 0 Å². The molecule has 2 aromatic carbocycles. The summed E-state index contributed by atoms with van der Waals surface area (Å²) in [5.41, 5.74) is 3.88. The first-order valence-corrected chi connectivity index (χ1v) is 10.5. The fraction of sp³-hybridized carbons (Fsp3) is 0.227. The number of anilines is 1. The number of benzene rings is 2. The first-order chi connectivity index (χ1) is 13.2. The third-order valence-electron chi connectivity index (χ3n) is 4.55. The molecular formula is C22H23NO4S. The molecule has 0 saturated carbocycles. The molecule has 3 rings (SSSR count). The van der Waals surface area contributed by atoms with Gasteiger partial charge in [-0.05, 0) is 67.3 Å². The monoisotopic (exact) mass is 397 g/mol. The zero-order chi connectivity index (χ0) is 20.5. The van der Waals surface area contributed by atoms with Crippen molar-refractivity contribution in [3.63, 3.8) is 0 Å². The van der Waals surface area contributed by atoms with Crippen molar-refractivity contribution in [1.29, 1.82) is 0 Å². The van der Waals surface area contributed by atoms with E-state index in [-0.39, 0.29) is 15.7 Å². The third-order valence-corrected chi connectivity index (χ3v) is 6.19. The van der Waals surface area contributed by atoms with Gasteiger partial charge in [0.25, 0.3) is 5.91 Å². The van der Waals surface area contributed by atoms with Crippen molar-refractivity contribution in [3.8, 4) is 0 Å². The molecule has 1 heterocycles. The second-order valence-corrected chi connectivity index (χ2v) is 9.00. The van der Waals surface area contributed by atoms with Gasteiger partial charge in [0.1, 0.15) is 0 Å². The predicted molar refractivity (Wildman–Crippen MR) is 109 cm³/mol. The molecule has 0 atom stereocenters. The molecule has 0 bridgehead atoms. The molecule has 3 aromatic rings. The summed E-state index contributed by atoms with van der Waals surface area (Å²) >= 11 is 0. The van der Waals surface area contributed by atoms with Crippen molar-refractivity contribution < 1.29 is 17.6 Å². The molecule has 0 radical (unpaired) electrons. The fourth-order valence-corrected chi connectivity index (χ4v) is 4.19. The maximum atomic E-state index is 12.7. The largest absolute Gasteiger partial charge is 0.439 e. The number of aryl methyl sites for hydroxylation is 2. The predicted octanol–water partition coefficient (Wildman–Crippen LogP) is 5.10. The zero-order valence-corrected chi connectivity index (χ0v) is 17.1. The number of hydrogen-bond donors (Lipinski definition) is 1.